The van der Waals surface area contributed by atoms with Crippen LogP contribution in [0.15, 0.2) is 30.3 Å². The molecule has 0 spiro atoms. The van der Waals surface area contributed by atoms with Crippen LogP contribution in [0.1, 0.15) is 81.4 Å². The van der Waals surface area contributed by atoms with E-state index in [9.17, 15) is 27.9 Å². The fourth-order valence-electron chi connectivity index (χ4n) is 4.31. The molecule has 1 aromatic carbocycles. The van der Waals surface area contributed by atoms with Gasteiger partial charge < -0.3 is 15.2 Å². The Bertz CT molecular complexity index is 1040. The number of benzene rings is 1. The van der Waals surface area contributed by atoms with Gasteiger partial charge >= 0.3 is 12.1 Å². The number of hydrogen-bond acceptors (Lipinski definition) is 5. The predicted octanol–water partition coefficient (Wildman–Crippen LogP) is 4.90. The smallest absolute Gasteiger partial charge is 0.417 e. The zero-order chi connectivity index (χ0) is 25.8. The van der Waals surface area contributed by atoms with Gasteiger partial charge in [-0.05, 0) is 52.2 Å². The third kappa shape index (κ3) is 7.06. The molecule has 0 unspecified atom stereocenters. The normalized spacial score (nSPS) is 15.7. The monoisotopic (exact) mass is 495 g/mol. The van der Waals surface area contributed by atoms with Crippen LogP contribution < -0.4 is 5.32 Å². The Labute approximate surface area is 202 Å². The number of halogens is 3. The molecule has 1 fully saturated rings. The second kappa shape index (κ2) is 10.8. The number of carbonyl (C=O) groups is 2. The zero-order valence-corrected chi connectivity index (χ0v) is 20.2. The van der Waals surface area contributed by atoms with Gasteiger partial charge in [0.05, 0.1) is 23.7 Å². The standard InChI is InChI=1S/C25H32F3N3O4/c1-24(2,3)35-22(33)14-16(12-13-32)29-23(34)20-15-21(31(30-20)17-8-4-5-9-17)18-10-6-7-11-19(18)25(26,27)28/h6-7,10-11,15-17,32H,4-5,8-9,12-14H2,1-3H3,(H,29,34)/t16-/m0/s1. The second-order valence-corrected chi connectivity index (χ2v) is 9.81. The van der Waals surface area contributed by atoms with Gasteiger partial charge in [0.2, 0.25) is 0 Å². The number of aliphatic hydroxyl groups excluding tert-OH is 1. The van der Waals surface area contributed by atoms with Gasteiger partial charge in [0.15, 0.2) is 5.69 Å². The number of carbonyl (C=O) groups excluding carboxylic acids is 2. The number of aromatic nitrogens is 2. The van der Waals surface area contributed by atoms with E-state index in [0.29, 0.717) is 0 Å². The molecule has 0 bridgehead atoms. The Morgan fingerprint density at radius 1 is 1.20 bits per heavy atom. The molecule has 35 heavy (non-hydrogen) atoms. The Balaban J connectivity index is 1.91. The Morgan fingerprint density at radius 2 is 1.86 bits per heavy atom. The Morgan fingerprint density at radius 3 is 2.46 bits per heavy atom. The Hall–Kier alpha value is -2.88. The van der Waals surface area contributed by atoms with Gasteiger partial charge in [-0.2, -0.15) is 18.3 Å². The van der Waals surface area contributed by atoms with Crippen molar-refractivity contribution in [2.75, 3.05) is 6.61 Å². The van der Waals surface area contributed by atoms with Gasteiger partial charge in [-0.25, -0.2) is 0 Å². The number of hydrogen-bond donors (Lipinski definition) is 2. The molecule has 10 heteroatoms. The summed E-state index contributed by atoms with van der Waals surface area (Å²) in [5.41, 5.74) is -1.36. The van der Waals surface area contributed by atoms with Gasteiger partial charge in [0.25, 0.3) is 5.91 Å². The zero-order valence-electron chi connectivity index (χ0n) is 20.2. The van der Waals surface area contributed by atoms with Crippen molar-refractivity contribution in [1.82, 2.24) is 15.1 Å². The molecule has 192 valence electrons. The maximum atomic E-state index is 13.7. The molecule has 2 N–H and O–H groups in total. The summed E-state index contributed by atoms with van der Waals surface area (Å²) in [4.78, 5) is 25.3. The first-order valence-electron chi connectivity index (χ1n) is 11.8. The molecule has 0 aliphatic heterocycles. The summed E-state index contributed by atoms with van der Waals surface area (Å²) in [6, 6.07) is 5.78. The minimum Gasteiger partial charge on any atom is -0.460 e. The average Bonchev–Trinajstić information content (AvgIpc) is 3.41. The summed E-state index contributed by atoms with van der Waals surface area (Å²) in [6.45, 7) is 4.90. The van der Waals surface area contributed by atoms with Gasteiger partial charge in [0, 0.05) is 18.2 Å². The molecule has 7 nitrogen and oxygen atoms in total. The van der Waals surface area contributed by atoms with Crippen molar-refractivity contribution in [2.24, 2.45) is 0 Å². The van der Waals surface area contributed by atoms with Crippen LogP contribution in [0, 0.1) is 0 Å². The lowest BCUT2D eigenvalue weighted by Gasteiger charge is -2.22. The van der Waals surface area contributed by atoms with E-state index < -0.39 is 35.3 Å². The van der Waals surface area contributed by atoms with Crippen molar-refractivity contribution in [3.05, 3.63) is 41.6 Å². The first-order valence-corrected chi connectivity index (χ1v) is 11.8. The van der Waals surface area contributed by atoms with Crippen LogP contribution in [-0.4, -0.2) is 45.0 Å². The van der Waals surface area contributed by atoms with Crippen molar-refractivity contribution >= 4 is 11.9 Å². The number of esters is 1. The van der Waals surface area contributed by atoms with Gasteiger partial charge in [-0.1, -0.05) is 31.0 Å². The highest BCUT2D eigenvalue weighted by Gasteiger charge is 2.35. The van der Waals surface area contributed by atoms with Crippen LogP contribution in [0.3, 0.4) is 0 Å². The maximum Gasteiger partial charge on any atom is 0.417 e. The molecule has 1 aliphatic carbocycles. The summed E-state index contributed by atoms with van der Waals surface area (Å²) in [7, 11) is 0. The molecular weight excluding hydrogens is 463 g/mol. The minimum atomic E-state index is -4.57. The van der Waals surface area contributed by atoms with Crippen LogP contribution in [0.4, 0.5) is 13.2 Å². The van der Waals surface area contributed by atoms with Gasteiger partial charge in [-0.15, -0.1) is 0 Å². The summed E-state index contributed by atoms with van der Waals surface area (Å²) in [5, 5.41) is 16.5. The number of amides is 1. The first-order chi connectivity index (χ1) is 16.4. The van der Waals surface area contributed by atoms with E-state index in [4.69, 9.17) is 4.74 Å². The van der Waals surface area contributed by atoms with Crippen molar-refractivity contribution in [1.29, 1.82) is 0 Å². The fourth-order valence-corrected chi connectivity index (χ4v) is 4.31. The van der Waals surface area contributed by atoms with Crippen LogP contribution in [0.5, 0.6) is 0 Å². The average molecular weight is 496 g/mol. The lowest BCUT2D eigenvalue weighted by Crippen LogP contribution is -2.39. The molecular formula is C25H32F3N3O4. The fraction of sp³-hybridized carbons (Fsp3) is 0.560. The molecule has 3 rings (SSSR count). The molecule has 1 amide bonds. The van der Waals surface area contributed by atoms with Crippen LogP contribution in [0.25, 0.3) is 11.3 Å². The van der Waals surface area contributed by atoms with E-state index in [2.05, 4.69) is 10.4 Å². The molecule has 1 aliphatic rings. The van der Waals surface area contributed by atoms with Crippen LogP contribution in [-0.2, 0) is 15.7 Å². The minimum absolute atomic E-state index is 0.0425. The van der Waals surface area contributed by atoms with Crippen molar-refractivity contribution < 1.29 is 32.6 Å². The number of ether oxygens (including phenoxy) is 1. The van der Waals surface area contributed by atoms with E-state index >= 15 is 0 Å². The topological polar surface area (TPSA) is 93.5 Å². The predicted molar refractivity (Wildman–Crippen MR) is 124 cm³/mol. The van der Waals surface area contributed by atoms with Crippen LogP contribution in [0.2, 0.25) is 0 Å². The number of aliphatic hydroxyl groups is 1. The first kappa shape index (κ1) is 26.7. The highest BCUT2D eigenvalue weighted by atomic mass is 19.4. The quantitative estimate of drug-likeness (QED) is 0.509. The lowest BCUT2D eigenvalue weighted by atomic mass is 10.0. The number of nitrogens with zero attached hydrogens (tertiary/aromatic N) is 2. The molecule has 1 aromatic heterocycles. The lowest BCUT2D eigenvalue weighted by molar-refractivity contribution is -0.155. The summed E-state index contributed by atoms with van der Waals surface area (Å²) >= 11 is 0. The third-order valence-corrected chi connectivity index (χ3v) is 5.79. The van der Waals surface area contributed by atoms with E-state index in [1.807, 2.05) is 0 Å². The molecule has 1 atom stereocenters. The molecule has 1 heterocycles. The third-order valence-electron chi connectivity index (χ3n) is 5.79. The van der Waals surface area contributed by atoms with Crippen molar-refractivity contribution in [3.63, 3.8) is 0 Å². The Kier molecular flexibility index (Phi) is 8.25. The van der Waals surface area contributed by atoms with Crippen molar-refractivity contribution in [3.8, 4) is 11.3 Å². The SMILES string of the molecule is CC(C)(C)OC(=O)C[C@H](CCO)NC(=O)c1cc(-c2ccccc2C(F)(F)F)n(C2CCCC2)n1. The number of rotatable bonds is 8. The second-order valence-electron chi connectivity index (χ2n) is 9.81. The molecule has 2 aromatic rings. The van der Waals surface area contributed by atoms with E-state index in [1.165, 1.54) is 28.9 Å². The van der Waals surface area contributed by atoms with Gasteiger partial charge in [-0.3, -0.25) is 14.3 Å². The summed E-state index contributed by atoms with van der Waals surface area (Å²) in [6.07, 6.45) is -1.23. The highest BCUT2D eigenvalue weighted by molar-refractivity contribution is 5.94. The van der Waals surface area contributed by atoms with E-state index in [0.717, 1.165) is 31.7 Å². The number of nitrogens with one attached hydrogen (secondary N) is 1. The molecule has 0 radical (unpaired) electrons. The molecule has 0 saturated heterocycles. The van der Waals surface area contributed by atoms with Crippen LogP contribution >= 0.6 is 0 Å². The summed E-state index contributed by atoms with van der Waals surface area (Å²) < 4.78 is 48.0. The highest BCUT2D eigenvalue weighted by Crippen LogP contribution is 2.40. The van der Waals surface area contributed by atoms with E-state index in [-0.39, 0.29) is 42.4 Å². The van der Waals surface area contributed by atoms with Crippen molar-refractivity contribution in [2.45, 2.75) is 83.2 Å². The van der Waals surface area contributed by atoms with E-state index in [1.54, 1.807) is 20.8 Å². The summed E-state index contributed by atoms with van der Waals surface area (Å²) in [5.74, 6) is -1.16. The van der Waals surface area contributed by atoms with Gasteiger partial charge in [0.1, 0.15) is 5.60 Å². The maximum absolute atomic E-state index is 13.7. The largest absolute Gasteiger partial charge is 0.460 e. The molecule has 1 saturated carbocycles. The number of alkyl halides is 3.